The largest absolute Gasteiger partial charge is 0.0746 e. The normalized spacial score (nSPS) is 28.9. The topological polar surface area (TPSA) is 0 Å². The molecule has 2 aliphatic heterocycles. The molecule has 1 aromatic rings. The molecular formula is C18H28P2. The molecule has 0 aromatic heterocycles. The monoisotopic (exact) mass is 306 g/mol. The van der Waals surface area contributed by atoms with Gasteiger partial charge in [0, 0.05) is 0 Å². The first kappa shape index (κ1) is 15.0. The van der Waals surface area contributed by atoms with Gasteiger partial charge >= 0.3 is 0 Å². The van der Waals surface area contributed by atoms with Crippen molar-refractivity contribution in [3.63, 3.8) is 0 Å². The van der Waals surface area contributed by atoms with Crippen LogP contribution in [0.1, 0.15) is 47.0 Å². The third-order valence-electron chi connectivity index (χ3n) is 5.91. The molecule has 0 aliphatic carbocycles. The van der Waals surface area contributed by atoms with Crippen molar-refractivity contribution in [3.8, 4) is 0 Å². The molecule has 3 rings (SSSR count). The molecule has 0 N–H and O–H groups in total. The van der Waals surface area contributed by atoms with E-state index in [4.69, 9.17) is 0 Å². The quantitative estimate of drug-likeness (QED) is 0.682. The van der Waals surface area contributed by atoms with E-state index in [-0.39, 0.29) is 15.8 Å². The van der Waals surface area contributed by atoms with E-state index >= 15 is 0 Å². The maximum atomic E-state index is 2.53. The van der Waals surface area contributed by atoms with Gasteiger partial charge in [0.25, 0.3) is 0 Å². The first-order valence-electron chi connectivity index (χ1n) is 8.05. The molecule has 2 fully saturated rings. The molecule has 0 bridgehead atoms. The molecule has 0 nitrogen and oxygen atoms in total. The molecule has 0 radical (unpaired) electrons. The molecule has 20 heavy (non-hydrogen) atoms. The van der Waals surface area contributed by atoms with Crippen LogP contribution < -0.4 is 10.6 Å². The highest BCUT2D eigenvalue weighted by molar-refractivity contribution is 7.73. The maximum Gasteiger partial charge on any atom is -0.00594 e. The Morgan fingerprint density at radius 1 is 0.850 bits per heavy atom. The Bertz CT molecular complexity index is 484. The van der Waals surface area contributed by atoms with Gasteiger partial charge in [-0.15, -0.1) is 0 Å². The molecule has 2 heterocycles. The lowest BCUT2D eigenvalue weighted by atomic mass is 9.79. The zero-order chi connectivity index (χ0) is 14.4. The molecule has 2 aliphatic rings. The lowest BCUT2D eigenvalue weighted by molar-refractivity contribution is 0.291. The van der Waals surface area contributed by atoms with Crippen molar-refractivity contribution in [2.24, 2.45) is 5.41 Å². The minimum absolute atomic E-state index is 0.00785. The fourth-order valence-corrected chi connectivity index (χ4v) is 10.7. The van der Waals surface area contributed by atoms with Gasteiger partial charge in [0.1, 0.15) is 0 Å². The first-order chi connectivity index (χ1) is 9.43. The van der Waals surface area contributed by atoms with Gasteiger partial charge in [0.05, 0.1) is 0 Å². The molecule has 0 saturated carbocycles. The van der Waals surface area contributed by atoms with Crippen LogP contribution in [0.25, 0.3) is 0 Å². The Morgan fingerprint density at radius 3 is 2.00 bits per heavy atom. The summed E-state index contributed by atoms with van der Waals surface area (Å²) in [6.45, 7) is 10.0. The average Bonchev–Trinajstić information content (AvgIpc) is 2.98. The van der Waals surface area contributed by atoms with E-state index in [1.807, 2.05) is 0 Å². The summed E-state index contributed by atoms with van der Waals surface area (Å²) < 4.78 is 0. The van der Waals surface area contributed by atoms with Crippen LogP contribution >= 0.6 is 15.8 Å². The number of hydrogen-bond donors (Lipinski definition) is 0. The van der Waals surface area contributed by atoms with Crippen molar-refractivity contribution in [1.29, 1.82) is 0 Å². The van der Waals surface area contributed by atoms with E-state index in [0.717, 1.165) is 0 Å². The van der Waals surface area contributed by atoms with E-state index in [2.05, 4.69) is 52.0 Å². The van der Waals surface area contributed by atoms with E-state index in [1.54, 1.807) is 10.6 Å². The summed E-state index contributed by atoms with van der Waals surface area (Å²) >= 11 is 0. The molecule has 2 saturated heterocycles. The molecule has 1 aromatic carbocycles. The highest BCUT2D eigenvalue weighted by atomic mass is 31.1. The predicted octanol–water partition coefficient (Wildman–Crippen LogP) is 4.90. The Labute approximate surface area is 127 Å². The lowest BCUT2D eigenvalue weighted by Gasteiger charge is -2.40. The van der Waals surface area contributed by atoms with Crippen LogP contribution in [0.4, 0.5) is 0 Å². The Morgan fingerprint density at radius 2 is 1.45 bits per heavy atom. The highest BCUT2D eigenvalue weighted by Crippen LogP contribution is 2.65. The number of hydrogen-bond acceptors (Lipinski definition) is 0. The van der Waals surface area contributed by atoms with E-state index < -0.39 is 0 Å². The number of benzene rings is 1. The summed E-state index contributed by atoms with van der Waals surface area (Å²) in [4.78, 5) is 0. The zero-order valence-electron chi connectivity index (χ0n) is 13.4. The Hall–Kier alpha value is 0.0800. The van der Waals surface area contributed by atoms with Gasteiger partial charge in [0.15, 0.2) is 0 Å². The van der Waals surface area contributed by atoms with Gasteiger partial charge in [-0.2, -0.15) is 0 Å². The summed E-state index contributed by atoms with van der Waals surface area (Å²) in [7, 11) is 0.175. The summed E-state index contributed by atoms with van der Waals surface area (Å²) in [5.74, 6) is 0. The van der Waals surface area contributed by atoms with Gasteiger partial charge < -0.3 is 0 Å². The second-order valence-corrected chi connectivity index (χ2v) is 12.9. The molecule has 0 amide bonds. The molecule has 1 unspecified atom stereocenters. The van der Waals surface area contributed by atoms with Crippen molar-refractivity contribution < 1.29 is 0 Å². The Kier molecular flexibility index (Phi) is 4.03. The summed E-state index contributed by atoms with van der Waals surface area (Å²) in [5, 5.41) is 4.02. The van der Waals surface area contributed by atoms with Crippen LogP contribution in [-0.4, -0.2) is 23.6 Å². The van der Waals surface area contributed by atoms with Crippen LogP contribution in [0.3, 0.4) is 0 Å². The van der Waals surface area contributed by atoms with E-state index in [0.29, 0.717) is 10.6 Å². The summed E-state index contributed by atoms with van der Waals surface area (Å²) in [6.07, 6.45) is 8.74. The average molecular weight is 306 g/mol. The minimum atomic E-state index is 0.00785. The standard InChI is InChI=1S/C18H28P2/c1-17(2)11-14-20(18(17,3)4)16-10-6-5-9-15(16)19-12-7-8-13-19/h5-6,9-10H,7-8,11-14H2,1-4H3. The molecule has 0 spiro atoms. The van der Waals surface area contributed by atoms with Gasteiger partial charge in [-0.25, -0.2) is 0 Å². The van der Waals surface area contributed by atoms with Gasteiger partial charge in [-0.1, -0.05) is 67.8 Å². The third kappa shape index (κ3) is 2.38. The smallest absolute Gasteiger partial charge is 0.00594 e. The van der Waals surface area contributed by atoms with Crippen molar-refractivity contribution in [1.82, 2.24) is 0 Å². The second-order valence-electron chi connectivity index (χ2n) is 7.53. The predicted molar refractivity (Wildman–Crippen MR) is 95.9 cm³/mol. The van der Waals surface area contributed by atoms with E-state index in [9.17, 15) is 0 Å². The van der Waals surface area contributed by atoms with Crippen molar-refractivity contribution in [2.75, 3.05) is 18.5 Å². The van der Waals surface area contributed by atoms with Crippen LogP contribution in [-0.2, 0) is 0 Å². The van der Waals surface area contributed by atoms with Crippen LogP contribution in [0.2, 0.25) is 0 Å². The minimum Gasteiger partial charge on any atom is -0.0746 e. The fraction of sp³-hybridized carbons (Fsp3) is 0.667. The van der Waals surface area contributed by atoms with Gasteiger partial charge in [-0.3, -0.25) is 0 Å². The van der Waals surface area contributed by atoms with Crippen molar-refractivity contribution in [2.45, 2.75) is 52.1 Å². The van der Waals surface area contributed by atoms with Crippen molar-refractivity contribution in [3.05, 3.63) is 24.3 Å². The van der Waals surface area contributed by atoms with Crippen LogP contribution in [0.15, 0.2) is 24.3 Å². The SMILES string of the molecule is CC1(C)CCP(c2ccccc2P2CCCC2)C1(C)C. The van der Waals surface area contributed by atoms with Gasteiger partial charge in [0.2, 0.25) is 0 Å². The molecule has 1 atom stereocenters. The molecule has 110 valence electrons. The zero-order valence-corrected chi connectivity index (χ0v) is 15.2. The maximum absolute atomic E-state index is 2.53. The van der Waals surface area contributed by atoms with Crippen LogP contribution in [0, 0.1) is 5.41 Å². The lowest BCUT2D eigenvalue weighted by Crippen LogP contribution is -2.36. The third-order valence-corrected chi connectivity index (χ3v) is 12.5. The van der Waals surface area contributed by atoms with E-state index in [1.165, 1.54) is 37.7 Å². The fourth-order valence-electron chi connectivity index (χ4n) is 3.68. The Balaban J connectivity index is 1.99. The first-order valence-corrected chi connectivity index (χ1v) is 11.3. The number of rotatable bonds is 2. The second kappa shape index (κ2) is 5.37. The van der Waals surface area contributed by atoms with Crippen molar-refractivity contribution >= 4 is 26.5 Å². The molecular weight excluding hydrogens is 278 g/mol. The van der Waals surface area contributed by atoms with Gasteiger partial charge in [-0.05, 0) is 58.9 Å². The van der Waals surface area contributed by atoms with Crippen LogP contribution in [0.5, 0.6) is 0 Å². The summed E-state index contributed by atoms with van der Waals surface area (Å²) in [5.41, 5.74) is 0.495. The summed E-state index contributed by atoms with van der Waals surface area (Å²) in [6, 6.07) is 9.51. The highest BCUT2D eigenvalue weighted by Gasteiger charge is 2.49. The molecule has 2 heteroatoms.